The summed E-state index contributed by atoms with van der Waals surface area (Å²) in [5.41, 5.74) is 0.321. The third-order valence-electron chi connectivity index (χ3n) is 6.73. The van der Waals surface area contributed by atoms with Crippen LogP contribution >= 0.6 is 0 Å². The SMILES string of the molecule is CCCCCCCCCCOc1ccc(C(=O)Oc2ccc(OC(=O)C[C@H](C)CC[C@H](O)C(C)C)cc2)cn1. The average molecular weight is 542 g/mol. The normalized spacial score (nSPS) is 12.7. The maximum atomic E-state index is 12.5. The number of aliphatic hydroxyl groups excluding tert-OH is 1. The summed E-state index contributed by atoms with van der Waals surface area (Å²) in [5.74, 6) is 0.671. The molecule has 0 saturated heterocycles. The number of aromatic nitrogens is 1. The number of benzene rings is 1. The lowest BCUT2D eigenvalue weighted by molar-refractivity contribution is -0.135. The summed E-state index contributed by atoms with van der Waals surface area (Å²) in [6.45, 7) is 8.77. The molecule has 39 heavy (non-hydrogen) atoms. The molecule has 0 amide bonds. The van der Waals surface area contributed by atoms with Crippen LogP contribution in [0.1, 0.15) is 109 Å². The Balaban J connectivity index is 1.68. The summed E-state index contributed by atoms with van der Waals surface area (Å²) in [4.78, 5) is 28.9. The smallest absolute Gasteiger partial charge is 0.345 e. The second-order valence-electron chi connectivity index (χ2n) is 10.7. The van der Waals surface area contributed by atoms with Gasteiger partial charge in [-0.2, -0.15) is 0 Å². The number of aliphatic hydroxyl groups is 1. The van der Waals surface area contributed by atoms with Crippen LogP contribution in [0.3, 0.4) is 0 Å². The second-order valence-corrected chi connectivity index (χ2v) is 10.7. The predicted molar refractivity (Wildman–Crippen MR) is 153 cm³/mol. The summed E-state index contributed by atoms with van der Waals surface area (Å²) >= 11 is 0. The molecule has 1 N–H and O–H groups in total. The Morgan fingerprint density at radius 2 is 1.44 bits per heavy atom. The van der Waals surface area contributed by atoms with Crippen molar-refractivity contribution in [1.29, 1.82) is 0 Å². The number of esters is 2. The van der Waals surface area contributed by atoms with Gasteiger partial charge < -0.3 is 19.3 Å². The van der Waals surface area contributed by atoms with E-state index >= 15 is 0 Å². The van der Waals surface area contributed by atoms with Crippen molar-refractivity contribution in [2.75, 3.05) is 6.61 Å². The van der Waals surface area contributed by atoms with Crippen molar-refractivity contribution < 1.29 is 28.9 Å². The van der Waals surface area contributed by atoms with Crippen molar-refractivity contribution >= 4 is 11.9 Å². The first kappa shape index (κ1) is 32.3. The molecule has 0 saturated carbocycles. The summed E-state index contributed by atoms with van der Waals surface area (Å²) in [6.07, 6.45) is 12.7. The minimum Gasteiger partial charge on any atom is -0.478 e. The molecule has 7 heteroatoms. The van der Waals surface area contributed by atoms with Gasteiger partial charge in [0.1, 0.15) is 11.5 Å². The van der Waals surface area contributed by atoms with Crippen LogP contribution in [0.5, 0.6) is 17.4 Å². The Morgan fingerprint density at radius 3 is 2.03 bits per heavy atom. The maximum Gasteiger partial charge on any atom is 0.345 e. The quantitative estimate of drug-likeness (QED) is 0.111. The van der Waals surface area contributed by atoms with E-state index in [4.69, 9.17) is 14.2 Å². The first-order chi connectivity index (χ1) is 18.8. The first-order valence-electron chi connectivity index (χ1n) is 14.6. The number of unbranched alkanes of at least 4 members (excludes halogenated alkanes) is 7. The molecule has 1 aromatic heterocycles. The number of carbonyl (C=O) groups excluding carboxylic acids is 2. The summed E-state index contributed by atoms with van der Waals surface area (Å²) < 4.78 is 16.5. The van der Waals surface area contributed by atoms with Gasteiger partial charge in [0.15, 0.2) is 0 Å². The van der Waals surface area contributed by atoms with Crippen LogP contribution < -0.4 is 14.2 Å². The molecule has 0 spiro atoms. The van der Waals surface area contributed by atoms with Gasteiger partial charge in [-0.1, -0.05) is 72.6 Å². The van der Waals surface area contributed by atoms with Gasteiger partial charge in [0, 0.05) is 18.7 Å². The highest BCUT2D eigenvalue weighted by molar-refractivity contribution is 5.90. The lowest BCUT2D eigenvalue weighted by Gasteiger charge is -2.17. The average Bonchev–Trinajstić information content (AvgIpc) is 2.92. The lowest BCUT2D eigenvalue weighted by Crippen LogP contribution is -2.17. The third-order valence-corrected chi connectivity index (χ3v) is 6.73. The van der Waals surface area contributed by atoms with Crippen molar-refractivity contribution in [2.45, 2.75) is 104 Å². The molecule has 0 aliphatic heterocycles. The number of carbonyl (C=O) groups is 2. The molecule has 0 bridgehead atoms. The van der Waals surface area contributed by atoms with Gasteiger partial charge in [-0.05, 0) is 61.4 Å². The molecule has 1 heterocycles. The molecule has 0 aliphatic carbocycles. The summed E-state index contributed by atoms with van der Waals surface area (Å²) in [7, 11) is 0. The minimum absolute atomic E-state index is 0.113. The fourth-order valence-corrected chi connectivity index (χ4v) is 4.09. The molecular formula is C32H47NO6. The molecule has 2 aromatic rings. The monoisotopic (exact) mass is 541 g/mol. The Morgan fingerprint density at radius 1 is 0.821 bits per heavy atom. The molecule has 1 aromatic carbocycles. The standard InChI is InChI=1S/C32H47NO6/c1-5-6-7-8-9-10-11-12-21-37-30-20-14-26(23-33-30)32(36)39-28-17-15-27(16-18-28)38-31(35)22-25(4)13-19-29(34)24(2)3/h14-18,20,23-25,29,34H,5-13,19,21-22H2,1-4H3/t25-,29+/m1/s1. The summed E-state index contributed by atoms with van der Waals surface area (Å²) in [5, 5.41) is 9.94. The van der Waals surface area contributed by atoms with E-state index in [2.05, 4.69) is 11.9 Å². The van der Waals surface area contributed by atoms with Crippen LogP contribution in [0.15, 0.2) is 42.6 Å². The van der Waals surface area contributed by atoms with Gasteiger partial charge >= 0.3 is 11.9 Å². The lowest BCUT2D eigenvalue weighted by atomic mass is 9.95. The van der Waals surface area contributed by atoms with Crippen LogP contribution in [0, 0.1) is 11.8 Å². The largest absolute Gasteiger partial charge is 0.478 e. The molecule has 0 fully saturated rings. The first-order valence-corrected chi connectivity index (χ1v) is 14.6. The van der Waals surface area contributed by atoms with E-state index in [1.54, 1.807) is 36.4 Å². The van der Waals surface area contributed by atoms with Gasteiger partial charge in [0.05, 0.1) is 18.3 Å². The fraction of sp³-hybridized carbons (Fsp3) is 0.594. The van der Waals surface area contributed by atoms with E-state index in [9.17, 15) is 14.7 Å². The molecule has 0 unspecified atom stereocenters. The van der Waals surface area contributed by atoms with E-state index in [1.165, 1.54) is 44.7 Å². The highest BCUT2D eigenvalue weighted by atomic mass is 16.5. The van der Waals surface area contributed by atoms with Gasteiger partial charge in [-0.25, -0.2) is 9.78 Å². The summed E-state index contributed by atoms with van der Waals surface area (Å²) in [6, 6.07) is 9.65. The van der Waals surface area contributed by atoms with Crippen LogP contribution in [-0.2, 0) is 4.79 Å². The van der Waals surface area contributed by atoms with Crippen LogP contribution in [-0.4, -0.2) is 34.7 Å². The van der Waals surface area contributed by atoms with E-state index in [-0.39, 0.29) is 30.3 Å². The molecule has 2 rings (SSSR count). The van der Waals surface area contributed by atoms with Crippen LogP contribution in [0.2, 0.25) is 0 Å². The topological polar surface area (TPSA) is 95.0 Å². The van der Waals surface area contributed by atoms with Gasteiger partial charge in [0.25, 0.3) is 0 Å². The molecule has 0 radical (unpaired) electrons. The highest BCUT2D eigenvalue weighted by Gasteiger charge is 2.16. The number of hydrogen-bond acceptors (Lipinski definition) is 7. The Hall–Kier alpha value is -2.93. The van der Waals surface area contributed by atoms with E-state index in [0.29, 0.717) is 36.0 Å². The molecule has 2 atom stereocenters. The zero-order valence-electron chi connectivity index (χ0n) is 24.2. The molecule has 0 aliphatic rings. The number of rotatable bonds is 19. The van der Waals surface area contributed by atoms with Crippen LogP contribution in [0.4, 0.5) is 0 Å². The van der Waals surface area contributed by atoms with Crippen molar-refractivity contribution in [3.63, 3.8) is 0 Å². The van der Waals surface area contributed by atoms with Crippen molar-refractivity contribution in [1.82, 2.24) is 4.98 Å². The molecular weight excluding hydrogens is 494 g/mol. The maximum absolute atomic E-state index is 12.5. The zero-order valence-corrected chi connectivity index (χ0v) is 24.2. The Kier molecular flexibility index (Phi) is 15.2. The number of pyridine rings is 1. The van der Waals surface area contributed by atoms with E-state index in [0.717, 1.165) is 19.3 Å². The van der Waals surface area contributed by atoms with Crippen molar-refractivity contribution in [2.24, 2.45) is 11.8 Å². The van der Waals surface area contributed by atoms with E-state index in [1.807, 2.05) is 20.8 Å². The van der Waals surface area contributed by atoms with Crippen molar-refractivity contribution in [3.8, 4) is 17.4 Å². The molecule has 216 valence electrons. The van der Waals surface area contributed by atoms with Gasteiger partial charge in [-0.3, -0.25) is 4.79 Å². The fourth-order valence-electron chi connectivity index (χ4n) is 4.09. The third kappa shape index (κ3) is 13.6. The number of nitrogens with zero attached hydrogens (tertiary/aromatic N) is 1. The second kappa shape index (κ2) is 18.4. The predicted octanol–water partition coefficient (Wildman–Crippen LogP) is 7.55. The van der Waals surface area contributed by atoms with E-state index < -0.39 is 5.97 Å². The Bertz CT molecular complexity index is 958. The van der Waals surface area contributed by atoms with Crippen molar-refractivity contribution in [3.05, 3.63) is 48.2 Å². The number of hydrogen-bond donors (Lipinski definition) is 1. The van der Waals surface area contributed by atoms with Gasteiger partial charge in [0.2, 0.25) is 5.88 Å². The number of ether oxygens (including phenoxy) is 3. The van der Waals surface area contributed by atoms with Gasteiger partial charge in [-0.15, -0.1) is 0 Å². The highest BCUT2D eigenvalue weighted by Crippen LogP contribution is 2.21. The molecule has 7 nitrogen and oxygen atoms in total. The Labute approximate surface area is 234 Å². The minimum atomic E-state index is -0.528. The zero-order chi connectivity index (χ0) is 28.5. The van der Waals surface area contributed by atoms with Crippen LogP contribution in [0.25, 0.3) is 0 Å².